The Labute approximate surface area is 143 Å². The molecule has 0 spiro atoms. The number of anilines is 2. The van der Waals surface area contributed by atoms with Gasteiger partial charge in [0.05, 0.1) is 13.2 Å². The predicted octanol–water partition coefficient (Wildman–Crippen LogP) is 2.21. The Morgan fingerprint density at radius 3 is 2.46 bits per heavy atom. The van der Waals surface area contributed by atoms with Crippen molar-refractivity contribution >= 4 is 23.2 Å². The van der Waals surface area contributed by atoms with Crippen molar-refractivity contribution in [1.29, 1.82) is 0 Å². The number of nitrogens with one attached hydrogen (secondary N) is 2. The average Bonchev–Trinajstić information content (AvgIpc) is 2.55. The summed E-state index contributed by atoms with van der Waals surface area (Å²) in [6.07, 6.45) is 5.81. The first-order valence-electron chi connectivity index (χ1n) is 8.61. The van der Waals surface area contributed by atoms with Crippen LogP contribution < -0.4 is 10.6 Å². The lowest BCUT2D eigenvalue weighted by Gasteiger charge is -2.33. The number of carbonyl (C=O) groups is 2. The molecule has 6 heteroatoms. The summed E-state index contributed by atoms with van der Waals surface area (Å²) in [6, 6.07) is 7.46. The molecule has 0 saturated heterocycles. The van der Waals surface area contributed by atoms with Crippen LogP contribution in [-0.2, 0) is 9.59 Å². The van der Waals surface area contributed by atoms with Crippen LogP contribution in [0.15, 0.2) is 24.3 Å². The maximum Gasteiger partial charge on any atom is 0.238 e. The maximum absolute atomic E-state index is 12.4. The molecule has 0 bridgehead atoms. The van der Waals surface area contributed by atoms with Crippen LogP contribution in [0.3, 0.4) is 0 Å². The standard InChI is InChI=1S/C18H27N3O3/c1-14(23)19-15-6-5-7-16(12-15)20-18(24)13-21(10-11-22)17-8-3-2-4-9-17/h5-7,12,17,22H,2-4,8-11,13H2,1H3,(H,19,23)(H,20,24). The zero-order valence-corrected chi connectivity index (χ0v) is 14.3. The molecular weight excluding hydrogens is 306 g/mol. The molecule has 1 saturated carbocycles. The van der Waals surface area contributed by atoms with E-state index in [1.165, 1.54) is 26.2 Å². The maximum atomic E-state index is 12.4. The molecule has 1 aromatic carbocycles. The molecule has 1 aliphatic carbocycles. The van der Waals surface area contributed by atoms with Crippen LogP contribution in [0.4, 0.5) is 11.4 Å². The van der Waals surface area contributed by atoms with Crippen LogP contribution in [0.5, 0.6) is 0 Å². The Morgan fingerprint density at radius 1 is 1.17 bits per heavy atom. The monoisotopic (exact) mass is 333 g/mol. The van der Waals surface area contributed by atoms with E-state index >= 15 is 0 Å². The Bertz CT molecular complexity index is 556. The van der Waals surface area contributed by atoms with Gasteiger partial charge in [-0.3, -0.25) is 14.5 Å². The van der Waals surface area contributed by atoms with Gasteiger partial charge in [0.25, 0.3) is 0 Å². The lowest BCUT2D eigenvalue weighted by Crippen LogP contribution is -2.43. The van der Waals surface area contributed by atoms with Crippen LogP contribution in [-0.4, -0.2) is 47.6 Å². The largest absolute Gasteiger partial charge is 0.395 e. The van der Waals surface area contributed by atoms with E-state index in [1.54, 1.807) is 24.3 Å². The third-order valence-corrected chi connectivity index (χ3v) is 4.29. The molecule has 0 heterocycles. The number of aliphatic hydroxyl groups is 1. The first-order chi connectivity index (χ1) is 11.6. The number of aliphatic hydroxyl groups excluding tert-OH is 1. The normalized spacial score (nSPS) is 15.3. The molecule has 3 N–H and O–H groups in total. The average molecular weight is 333 g/mol. The molecule has 0 aromatic heterocycles. The van der Waals surface area contributed by atoms with Gasteiger partial charge in [-0.1, -0.05) is 25.3 Å². The first kappa shape index (κ1) is 18.4. The van der Waals surface area contributed by atoms with Crippen molar-refractivity contribution in [2.45, 2.75) is 45.1 Å². The van der Waals surface area contributed by atoms with E-state index in [0.29, 0.717) is 24.0 Å². The van der Waals surface area contributed by atoms with Crippen molar-refractivity contribution < 1.29 is 14.7 Å². The fourth-order valence-corrected chi connectivity index (χ4v) is 3.23. The second-order valence-corrected chi connectivity index (χ2v) is 6.30. The van der Waals surface area contributed by atoms with Crippen molar-refractivity contribution in [1.82, 2.24) is 4.90 Å². The molecular formula is C18H27N3O3. The highest BCUT2D eigenvalue weighted by Gasteiger charge is 2.22. The Kier molecular flexibility index (Phi) is 7.21. The molecule has 0 aliphatic heterocycles. The summed E-state index contributed by atoms with van der Waals surface area (Å²) in [5, 5.41) is 14.8. The summed E-state index contributed by atoms with van der Waals surface area (Å²) in [4.78, 5) is 25.5. The van der Waals surface area contributed by atoms with Gasteiger partial charge in [0, 0.05) is 30.9 Å². The molecule has 1 fully saturated rings. The second kappa shape index (κ2) is 9.39. The molecule has 1 aliphatic rings. The number of amides is 2. The van der Waals surface area contributed by atoms with E-state index in [2.05, 4.69) is 15.5 Å². The first-order valence-corrected chi connectivity index (χ1v) is 8.61. The van der Waals surface area contributed by atoms with Gasteiger partial charge in [-0.05, 0) is 31.0 Å². The lowest BCUT2D eigenvalue weighted by atomic mass is 9.94. The molecule has 0 atom stereocenters. The van der Waals surface area contributed by atoms with E-state index in [-0.39, 0.29) is 25.0 Å². The van der Waals surface area contributed by atoms with Gasteiger partial charge < -0.3 is 15.7 Å². The molecule has 0 radical (unpaired) electrons. The molecule has 2 rings (SSSR count). The van der Waals surface area contributed by atoms with Crippen molar-refractivity contribution in [3.63, 3.8) is 0 Å². The summed E-state index contributed by atoms with van der Waals surface area (Å²) in [5.74, 6) is -0.251. The summed E-state index contributed by atoms with van der Waals surface area (Å²) in [7, 11) is 0. The van der Waals surface area contributed by atoms with Crippen molar-refractivity contribution in [3.05, 3.63) is 24.3 Å². The molecule has 1 aromatic rings. The fourth-order valence-electron chi connectivity index (χ4n) is 3.23. The van der Waals surface area contributed by atoms with Crippen LogP contribution >= 0.6 is 0 Å². The van der Waals surface area contributed by atoms with Crippen molar-refractivity contribution in [3.8, 4) is 0 Å². The van der Waals surface area contributed by atoms with E-state index in [1.807, 2.05) is 0 Å². The van der Waals surface area contributed by atoms with E-state index in [9.17, 15) is 14.7 Å². The number of rotatable bonds is 7. The van der Waals surface area contributed by atoms with E-state index < -0.39 is 0 Å². The van der Waals surface area contributed by atoms with Crippen LogP contribution in [0.2, 0.25) is 0 Å². The summed E-state index contributed by atoms with van der Waals surface area (Å²) in [6.45, 7) is 2.30. The smallest absolute Gasteiger partial charge is 0.238 e. The molecule has 0 unspecified atom stereocenters. The number of hydrogen-bond donors (Lipinski definition) is 3. The highest BCUT2D eigenvalue weighted by Crippen LogP contribution is 2.22. The molecule has 132 valence electrons. The minimum Gasteiger partial charge on any atom is -0.395 e. The lowest BCUT2D eigenvalue weighted by molar-refractivity contribution is -0.118. The SMILES string of the molecule is CC(=O)Nc1cccc(NC(=O)CN(CCO)C2CCCCC2)c1. The fraction of sp³-hybridized carbons (Fsp3) is 0.556. The van der Waals surface area contributed by atoms with Gasteiger partial charge in [0.2, 0.25) is 11.8 Å². The Balaban J connectivity index is 1.93. The van der Waals surface area contributed by atoms with Gasteiger partial charge in [-0.25, -0.2) is 0 Å². The van der Waals surface area contributed by atoms with Gasteiger partial charge in [-0.2, -0.15) is 0 Å². The number of carbonyl (C=O) groups excluding carboxylic acids is 2. The Hall–Kier alpha value is -1.92. The van der Waals surface area contributed by atoms with Crippen molar-refractivity contribution in [2.75, 3.05) is 30.3 Å². The number of hydrogen-bond acceptors (Lipinski definition) is 4. The van der Waals surface area contributed by atoms with Crippen LogP contribution in [0.1, 0.15) is 39.0 Å². The minimum atomic E-state index is -0.148. The zero-order valence-electron chi connectivity index (χ0n) is 14.3. The van der Waals surface area contributed by atoms with E-state index in [4.69, 9.17) is 0 Å². The van der Waals surface area contributed by atoms with Crippen LogP contribution in [0, 0.1) is 0 Å². The minimum absolute atomic E-state index is 0.0573. The van der Waals surface area contributed by atoms with Gasteiger partial charge in [-0.15, -0.1) is 0 Å². The quantitative estimate of drug-likeness (QED) is 0.714. The van der Waals surface area contributed by atoms with Gasteiger partial charge in [0.1, 0.15) is 0 Å². The van der Waals surface area contributed by atoms with E-state index in [0.717, 1.165) is 12.8 Å². The molecule has 6 nitrogen and oxygen atoms in total. The number of benzene rings is 1. The third kappa shape index (κ3) is 5.94. The summed E-state index contributed by atoms with van der Waals surface area (Å²) < 4.78 is 0. The highest BCUT2D eigenvalue weighted by atomic mass is 16.3. The summed E-state index contributed by atoms with van der Waals surface area (Å²) >= 11 is 0. The molecule has 2 amide bonds. The summed E-state index contributed by atoms with van der Waals surface area (Å²) in [5.41, 5.74) is 1.30. The number of nitrogens with zero attached hydrogens (tertiary/aromatic N) is 1. The third-order valence-electron chi connectivity index (χ3n) is 4.29. The Morgan fingerprint density at radius 2 is 1.83 bits per heavy atom. The predicted molar refractivity (Wildman–Crippen MR) is 94.9 cm³/mol. The highest BCUT2D eigenvalue weighted by molar-refractivity contribution is 5.94. The molecule has 24 heavy (non-hydrogen) atoms. The second-order valence-electron chi connectivity index (χ2n) is 6.30. The van der Waals surface area contributed by atoms with Crippen molar-refractivity contribution in [2.24, 2.45) is 0 Å². The van der Waals surface area contributed by atoms with Gasteiger partial charge >= 0.3 is 0 Å². The topological polar surface area (TPSA) is 81.7 Å². The van der Waals surface area contributed by atoms with Crippen LogP contribution in [0.25, 0.3) is 0 Å². The van der Waals surface area contributed by atoms with Gasteiger partial charge in [0.15, 0.2) is 0 Å². The zero-order chi connectivity index (χ0) is 17.4.